The molecule has 0 spiro atoms. The van der Waals surface area contributed by atoms with Gasteiger partial charge in [0.2, 0.25) is 0 Å². The van der Waals surface area contributed by atoms with E-state index in [4.69, 9.17) is 0 Å². The van der Waals surface area contributed by atoms with Gasteiger partial charge in [0, 0.05) is 18.9 Å². The molecule has 1 amide bonds. The lowest BCUT2D eigenvalue weighted by Crippen LogP contribution is -2.31. The first kappa shape index (κ1) is 12.3. The average Bonchev–Trinajstić information content (AvgIpc) is 2.69. The van der Waals surface area contributed by atoms with Gasteiger partial charge in [0.15, 0.2) is 0 Å². The van der Waals surface area contributed by atoms with E-state index in [1.54, 1.807) is 29.8 Å². The number of pyridine rings is 1. The molecule has 98 valence electrons. The highest BCUT2D eigenvalue weighted by Crippen LogP contribution is 2.33. The van der Waals surface area contributed by atoms with Crippen LogP contribution in [0.1, 0.15) is 33.9 Å². The van der Waals surface area contributed by atoms with Crippen molar-refractivity contribution in [2.75, 3.05) is 11.4 Å². The predicted octanol–water partition coefficient (Wildman–Crippen LogP) is 2.83. The summed E-state index contributed by atoms with van der Waals surface area (Å²) in [6, 6.07) is 3.61. The Labute approximate surface area is 116 Å². The van der Waals surface area contributed by atoms with Gasteiger partial charge in [-0.1, -0.05) is 0 Å². The molecule has 5 heteroatoms. The van der Waals surface area contributed by atoms with Crippen molar-refractivity contribution in [2.45, 2.75) is 26.2 Å². The molecular weight excluding hydrogens is 258 g/mol. The second-order valence-electron chi connectivity index (χ2n) is 4.64. The summed E-state index contributed by atoms with van der Waals surface area (Å²) >= 11 is 1.61. The maximum Gasteiger partial charge on any atom is 0.260 e. The molecule has 1 aliphatic heterocycles. The van der Waals surface area contributed by atoms with Gasteiger partial charge in [-0.25, -0.2) is 4.98 Å². The number of thiazole rings is 1. The predicted molar refractivity (Wildman–Crippen MR) is 75.7 cm³/mol. The van der Waals surface area contributed by atoms with Crippen LogP contribution >= 0.6 is 11.3 Å². The second-order valence-corrected chi connectivity index (χ2v) is 5.82. The first-order valence-corrected chi connectivity index (χ1v) is 7.25. The molecule has 0 aromatic carbocycles. The zero-order valence-corrected chi connectivity index (χ0v) is 11.6. The Kier molecular flexibility index (Phi) is 3.29. The molecule has 19 heavy (non-hydrogen) atoms. The van der Waals surface area contributed by atoms with Crippen LogP contribution in [-0.4, -0.2) is 22.4 Å². The highest BCUT2D eigenvalue weighted by Gasteiger charge is 2.25. The first-order chi connectivity index (χ1) is 9.25. The van der Waals surface area contributed by atoms with E-state index < -0.39 is 0 Å². The van der Waals surface area contributed by atoms with Crippen LogP contribution in [0, 0.1) is 6.92 Å². The summed E-state index contributed by atoms with van der Waals surface area (Å²) in [5.41, 5.74) is 1.71. The van der Waals surface area contributed by atoms with E-state index >= 15 is 0 Å². The number of aryl methyl sites for hydroxylation is 2. The van der Waals surface area contributed by atoms with E-state index in [-0.39, 0.29) is 5.91 Å². The zero-order valence-electron chi connectivity index (χ0n) is 10.8. The Hall–Kier alpha value is -1.75. The normalized spacial score (nSPS) is 14.9. The summed E-state index contributed by atoms with van der Waals surface area (Å²) in [7, 11) is 0. The molecule has 3 rings (SSSR count). The summed E-state index contributed by atoms with van der Waals surface area (Å²) in [5.74, 6) is 0.0277. The molecule has 3 heterocycles. The maximum atomic E-state index is 12.6. The highest BCUT2D eigenvalue weighted by atomic mass is 32.1. The lowest BCUT2D eigenvalue weighted by molar-refractivity contribution is 0.0987. The molecule has 1 aliphatic rings. The first-order valence-electron chi connectivity index (χ1n) is 6.44. The van der Waals surface area contributed by atoms with Gasteiger partial charge in [-0.3, -0.25) is 14.7 Å². The topological polar surface area (TPSA) is 46.1 Å². The third kappa shape index (κ3) is 2.38. The van der Waals surface area contributed by atoms with Crippen molar-refractivity contribution in [1.82, 2.24) is 9.97 Å². The smallest absolute Gasteiger partial charge is 0.260 e. The number of carbonyl (C=O) groups is 1. The highest BCUT2D eigenvalue weighted by molar-refractivity contribution is 7.16. The molecule has 0 N–H and O–H groups in total. The molecule has 2 aromatic rings. The third-order valence-electron chi connectivity index (χ3n) is 3.23. The summed E-state index contributed by atoms with van der Waals surface area (Å²) in [6.45, 7) is 2.76. The zero-order chi connectivity index (χ0) is 13.2. The molecule has 0 unspecified atom stereocenters. The fourth-order valence-electron chi connectivity index (χ4n) is 2.34. The minimum absolute atomic E-state index is 0.0277. The maximum absolute atomic E-state index is 12.6. The van der Waals surface area contributed by atoms with Gasteiger partial charge in [0.1, 0.15) is 5.00 Å². The molecule has 0 radical (unpaired) electrons. The molecule has 0 fully saturated rings. The van der Waals surface area contributed by atoms with Crippen LogP contribution in [0.3, 0.4) is 0 Å². The van der Waals surface area contributed by atoms with Crippen LogP contribution in [-0.2, 0) is 6.42 Å². The SMILES string of the molecule is Cc1nc2c(s1)N(C(=O)c1cccnc1)CCCC2. The molecule has 0 saturated carbocycles. The largest absolute Gasteiger partial charge is 0.298 e. The van der Waals surface area contributed by atoms with Gasteiger partial charge in [0.05, 0.1) is 16.3 Å². The van der Waals surface area contributed by atoms with Crippen molar-refractivity contribution in [2.24, 2.45) is 0 Å². The molecule has 2 aromatic heterocycles. The number of anilines is 1. The third-order valence-corrected chi connectivity index (χ3v) is 4.26. The minimum Gasteiger partial charge on any atom is -0.298 e. The Balaban J connectivity index is 1.98. The van der Waals surface area contributed by atoms with Gasteiger partial charge in [-0.2, -0.15) is 0 Å². The van der Waals surface area contributed by atoms with E-state index in [9.17, 15) is 4.79 Å². The standard InChI is InChI=1S/C14H15N3OS/c1-10-16-12-6-2-3-8-17(14(12)19-10)13(18)11-5-4-7-15-9-11/h4-5,7,9H,2-3,6,8H2,1H3. The summed E-state index contributed by atoms with van der Waals surface area (Å²) in [6.07, 6.45) is 6.39. The quantitative estimate of drug-likeness (QED) is 0.802. The van der Waals surface area contributed by atoms with E-state index in [2.05, 4.69) is 9.97 Å². The number of carbonyl (C=O) groups excluding carboxylic acids is 1. The van der Waals surface area contributed by atoms with Gasteiger partial charge < -0.3 is 0 Å². The summed E-state index contributed by atoms with van der Waals surface area (Å²) < 4.78 is 0. The summed E-state index contributed by atoms with van der Waals surface area (Å²) in [4.78, 5) is 23.0. The fraction of sp³-hybridized carbons (Fsp3) is 0.357. The van der Waals surface area contributed by atoms with Crippen molar-refractivity contribution in [3.63, 3.8) is 0 Å². The Morgan fingerprint density at radius 1 is 1.42 bits per heavy atom. The van der Waals surface area contributed by atoms with Crippen molar-refractivity contribution >= 4 is 22.2 Å². The van der Waals surface area contributed by atoms with Crippen LogP contribution in [0.5, 0.6) is 0 Å². The molecule has 0 bridgehead atoms. The number of hydrogen-bond donors (Lipinski definition) is 0. The van der Waals surface area contributed by atoms with Gasteiger partial charge in [0.25, 0.3) is 5.91 Å². The Bertz CT molecular complexity index is 594. The number of rotatable bonds is 1. The van der Waals surface area contributed by atoms with Gasteiger partial charge in [-0.15, -0.1) is 11.3 Å². The van der Waals surface area contributed by atoms with Gasteiger partial charge in [-0.05, 0) is 38.3 Å². The molecule has 4 nitrogen and oxygen atoms in total. The number of fused-ring (bicyclic) bond motifs is 1. The molecule has 0 aliphatic carbocycles. The van der Waals surface area contributed by atoms with Crippen LogP contribution < -0.4 is 4.90 Å². The lowest BCUT2D eigenvalue weighted by atomic mass is 10.2. The lowest BCUT2D eigenvalue weighted by Gasteiger charge is -2.19. The van der Waals surface area contributed by atoms with Crippen molar-refractivity contribution in [3.8, 4) is 0 Å². The minimum atomic E-state index is 0.0277. The van der Waals surface area contributed by atoms with Crippen LogP contribution in [0.15, 0.2) is 24.5 Å². The Morgan fingerprint density at radius 2 is 2.32 bits per heavy atom. The summed E-state index contributed by atoms with van der Waals surface area (Å²) in [5, 5.41) is 2.04. The average molecular weight is 273 g/mol. The number of aromatic nitrogens is 2. The molecule has 0 atom stereocenters. The number of hydrogen-bond acceptors (Lipinski definition) is 4. The second kappa shape index (κ2) is 5.09. The van der Waals surface area contributed by atoms with E-state index in [1.165, 1.54) is 0 Å². The monoisotopic (exact) mass is 273 g/mol. The van der Waals surface area contributed by atoms with Gasteiger partial charge >= 0.3 is 0 Å². The van der Waals surface area contributed by atoms with E-state index in [0.717, 1.165) is 41.5 Å². The van der Waals surface area contributed by atoms with E-state index in [1.807, 2.05) is 17.9 Å². The Morgan fingerprint density at radius 3 is 3.11 bits per heavy atom. The number of nitrogens with zero attached hydrogens (tertiary/aromatic N) is 3. The molecular formula is C14H15N3OS. The van der Waals surface area contributed by atoms with Crippen molar-refractivity contribution in [3.05, 3.63) is 40.8 Å². The van der Waals surface area contributed by atoms with Crippen LogP contribution in [0.25, 0.3) is 0 Å². The van der Waals surface area contributed by atoms with Crippen LogP contribution in [0.4, 0.5) is 5.00 Å². The fourth-order valence-corrected chi connectivity index (χ4v) is 3.32. The van der Waals surface area contributed by atoms with Crippen LogP contribution in [0.2, 0.25) is 0 Å². The van der Waals surface area contributed by atoms with Crippen molar-refractivity contribution in [1.29, 1.82) is 0 Å². The number of amides is 1. The molecule has 0 saturated heterocycles. The van der Waals surface area contributed by atoms with Crippen molar-refractivity contribution < 1.29 is 4.79 Å². The van der Waals surface area contributed by atoms with E-state index in [0.29, 0.717) is 5.56 Å².